The first-order valence-electron chi connectivity index (χ1n) is 5.82. The Bertz CT molecular complexity index is 634. The molecule has 0 fully saturated rings. The number of hydrogen-bond acceptors (Lipinski definition) is 2. The standard InChI is InChI=1S/C15H12ClFN2/c1-10(12-4-2-3-11(7-12)9-18)19-15-8-13(17)5-6-14(15)16/h2-8,10,19H,1H3. The molecule has 2 nitrogen and oxygen atoms in total. The smallest absolute Gasteiger partial charge is 0.125 e. The van der Waals surface area contributed by atoms with E-state index in [4.69, 9.17) is 16.9 Å². The predicted molar refractivity (Wildman–Crippen MR) is 74.6 cm³/mol. The number of nitrogens with one attached hydrogen (secondary N) is 1. The monoisotopic (exact) mass is 274 g/mol. The van der Waals surface area contributed by atoms with Crippen LogP contribution < -0.4 is 5.32 Å². The quantitative estimate of drug-likeness (QED) is 0.893. The van der Waals surface area contributed by atoms with Crippen molar-refractivity contribution < 1.29 is 4.39 Å². The minimum Gasteiger partial charge on any atom is -0.377 e. The molecular formula is C15H12ClFN2. The van der Waals surface area contributed by atoms with E-state index in [1.54, 1.807) is 12.1 Å². The molecule has 96 valence electrons. The van der Waals surface area contributed by atoms with Crippen molar-refractivity contribution in [1.29, 1.82) is 5.26 Å². The van der Waals surface area contributed by atoms with Crippen LogP contribution in [0.25, 0.3) is 0 Å². The van der Waals surface area contributed by atoms with Gasteiger partial charge >= 0.3 is 0 Å². The number of hydrogen-bond donors (Lipinski definition) is 1. The summed E-state index contributed by atoms with van der Waals surface area (Å²) in [6.07, 6.45) is 0. The summed E-state index contributed by atoms with van der Waals surface area (Å²) < 4.78 is 13.2. The number of nitriles is 1. The molecule has 0 spiro atoms. The second kappa shape index (κ2) is 5.73. The lowest BCUT2D eigenvalue weighted by molar-refractivity contribution is 0.628. The van der Waals surface area contributed by atoms with Gasteiger partial charge in [-0.25, -0.2) is 4.39 Å². The van der Waals surface area contributed by atoms with Crippen molar-refractivity contribution in [2.75, 3.05) is 5.32 Å². The van der Waals surface area contributed by atoms with Crippen molar-refractivity contribution in [3.63, 3.8) is 0 Å². The van der Waals surface area contributed by atoms with E-state index in [1.807, 2.05) is 19.1 Å². The van der Waals surface area contributed by atoms with Gasteiger partial charge in [-0.05, 0) is 42.8 Å². The fourth-order valence-corrected chi connectivity index (χ4v) is 1.97. The molecule has 0 heterocycles. The Balaban J connectivity index is 2.23. The van der Waals surface area contributed by atoms with Gasteiger partial charge in [0.05, 0.1) is 22.3 Å². The molecule has 1 atom stereocenters. The molecule has 0 aromatic heterocycles. The van der Waals surface area contributed by atoms with Crippen LogP contribution in [0.2, 0.25) is 5.02 Å². The Kier molecular flexibility index (Phi) is 4.03. The second-order valence-electron chi connectivity index (χ2n) is 4.23. The molecule has 0 radical (unpaired) electrons. The van der Waals surface area contributed by atoms with Gasteiger partial charge in [0.25, 0.3) is 0 Å². The third kappa shape index (κ3) is 3.24. The lowest BCUT2D eigenvalue weighted by atomic mass is 10.1. The van der Waals surface area contributed by atoms with E-state index in [2.05, 4.69) is 11.4 Å². The highest BCUT2D eigenvalue weighted by molar-refractivity contribution is 6.33. The van der Waals surface area contributed by atoms with Crippen LogP contribution in [0.4, 0.5) is 10.1 Å². The molecule has 2 aromatic carbocycles. The maximum absolute atomic E-state index is 13.2. The first-order valence-corrected chi connectivity index (χ1v) is 6.19. The summed E-state index contributed by atoms with van der Waals surface area (Å²) in [4.78, 5) is 0. The molecular weight excluding hydrogens is 263 g/mol. The maximum Gasteiger partial charge on any atom is 0.125 e. The average molecular weight is 275 g/mol. The van der Waals surface area contributed by atoms with Crippen molar-refractivity contribution in [3.05, 3.63) is 64.4 Å². The molecule has 0 aliphatic carbocycles. The van der Waals surface area contributed by atoms with E-state index in [1.165, 1.54) is 18.2 Å². The van der Waals surface area contributed by atoms with Crippen LogP contribution in [-0.2, 0) is 0 Å². The molecule has 0 aliphatic heterocycles. The molecule has 1 N–H and O–H groups in total. The third-order valence-corrected chi connectivity index (χ3v) is 3.15. The van der Waals surface area contributed by atoms with Gasteiger partial charge in [0.15, 0.2) is 0 Å². The lowest BCUT2D eigenvalue weighted by Crippen LogP contribution is -2.07. The van der Waals surface area contributed by atoms with Crippen molar-refractivity contribution in [3.8, 4) is 6.07 Å². The molecule has 2 rings (SSSR count). The van der Waals surface area contributed by atoms with E-state index in [0.717, 1.165) is 5.56 Å². The Morgan fingerprint density at radius 1 is 1.26 bits per heavy atom. The molecule has 0 aliphatic rings. The highest BCUT2D eigenvalue weighted by atomic mass is 35.5. The number of benzene rings is 2. The topological polar surface area (TPSA) is 35.8 Å². The van der Waals surface area contributed by atoms with Crippen LogP contribution in [0.5, 0.6) is 0 Å². The minimum atomic E-state index is -0.343. The highest BCUT2D eigenvalue weighted by Gasteiger charge is 2.09. The Hall–Kier alpha value is -2.05. The first-order chi connectivity index (χ1) is 9.10. The van der Waals surface area contributed by atoms with Gasteiger partial charge in [-0.2, -0.15) is 5.26 Å². The van der Waals surface area contributed by atoms with Crippen molar-refractivity contribution in [1.82, 2.24) is 0 Å². The van der Waals surface area contributed by atoms with Gasteiger partial charge in [0, 0.05) is 6.04 Å². The zero-order valence-corrected chi connectivity index (χ0v) is 11.1. The summed E-state index contributed by atoms with van der Waals surface area (Å²) >= 11 is 6.00. The molecule has 0 amide bonds. The summed E-state index contributed by atoms with van der Waals surface area (Å²) in [5.74, 6) is -0.343. The maximum atomic E-state index is 13.2. The van der Waals surface area contributed by atoms with Crippen LogP contribution in [0.3, 0.4) is 0 Å². The van der Waals surface area contributed by atoms with Crippen molar-refractivity contribution >= 4 is 17.3 Å². The van der Waals surface area contributed by atoms with Crippen molar-refractivity contribution in [2.24, 2.45) is 0 Å². The van der Waals surface area contributed by atoms with Crippen LogP contribution in [0.1, 0.15) is 24.1 Å². The largest absolute Gasteiger partial charge is 0.377 e. The van der Waals surface area contributed by atoms with E-state index in [0.29, 0.717) is 16.3 Å². The Labute approximate surface area is 116 Å². The number of rotatable bonds is 3. The summed E-state index contributed by atoms with van der Waals surface area (Å²) in [5.41, 5.74) is 2.08. The van der Waals surface area contributed by atoms with E-state index in [-0.39, 0.29) is 11.9 Å². The zero-order valence-electron chi connectivity index (χ0n) is 10.3. The van der Waals surface area contributed by atoms with Gasteiger partial charge < -0.3 is 5.32 Å². The van der Waals surface area contributed by atoms with E-state index >= 15 is 0 Å². The fourth-order valence-electron chi connectivity index (χ4n) is 1.80. The van der Waals surface area contributed by atoms with Crippen LogP contribution in [0.15, 0.2) is 42.5 Å². The van der Waals surface area contributed by atoms with Gasteiger partial charge in [0.2, 0.25) is 0 Å². The van der Waals surface area contributed by atoms with Crippen LogP contribution in [-0.4, -0.2) is 0 Å². The molecule has 2 aromatic rings. The van der Waals surface area contributed by atoms with Gasteiger partial charge in [-0.1, -0.05) is 23.7 Å². The predicted octanol–water partition coefficient (Wildman–Crippen LogP) is 4.52. The number of nitrogens with zero attached hydrogens (tertiary/aromatic N) is 1. The molecule has 1 unspecified atom stereocenters. The van der Waals surface area contributed by atoms with E-state index in [9.17, 15) is 4.39 Å². The second-order valence-corrected chi connectivity index (χ2v) is 4.63. The number of anilines is 1. The van der Waals surface area contributed by atoms with Gasteiger partial charge in [0.1, 0.15) is 5.82 Å². The minimum absolute atomic E-state index is 0.0763. The summed E-state index contributed by atoms with van der Waals surface area (Å²) in [7, 11) is 0. The highest BCUT2D eigenvalue weighted by Crippen LogP contribution is 2.27. The SMILES string of the molecule is CC(Nc1cc(F)ccc1Cl)c1cccc(C#N)c1. The Morgan fingerprint density at radius 3 is 2.79 bits per heavy atom. The fraction of sp³-hybridized carbons (Fsp3) is 0.133. The molecule has 0 bridgehead atoms. The number of halogens is 2. The molecule has 0 saturated heterocycles. The van der Waals surface area contributed by atoms with Gasteiger partial charge in [-0.15, -0.1) is 0 Å². The molecule has 0 saturated carbocycles. The van der Waals surface area contributed by atoms with Crippen LogP contribution >= 0.6 is 11.6 Å². The third-order valence-electron chi connectivity index (χ3n) is 2.82. The van der Waals surface area contributed by atoms with E-state index < -0.39 is 0 Å². The van der Waals surface area contributed by atoms with Crippen LogP contribution in [0, 0.1) is 17.1 Å². The Morgan fingerprint density at radius 2 is 2.05 bits per heavy atom. The normalized spacial score (nSPS) is 11.7. The summed E-state index contributed by atoms with van der Waals surface area (Å²) in [6, 6.07) is 13.5. The van der Waals surface area contributed by atoms with Gasteiger partial charge in [-0.3, -0.25) is 0 Å². The summed E-state index contributed by atoms with van der Waals surface area (Å²) in [6.45, 7) is 1.93. The summed E-state index contributed by atoms with van der Waals surface area (Å²) in [5, 5.41) is 12.5. The zero-order chi connectivity index (χ0) is 13.8. The first kappa shape index (κ1) is 13.4. The lowest BCUT2D eigenvalue weighted by Gasteiger charge is -2.17. The van der Waals surface area contributed by atoms with Crippen molar-refractivity contribution in [2.45, 2.75) is 13.0 Å². The average Bonchev–Trinajstić information content (AvgIpc) is 2.43. The molecule has 4 heteroatoms. The molecule has 19 heavy (non-hydrogen) atoms.